The fourth-order valence-corrected chi connectivity index (χ4v) is 4.60. The van der Waals surface area contributed by atoms with E-state index in [0.717, 1.165) is 18.9 Å². The molecular weight excluding hydrogens is 482 g/mol. The summed E-state index contributed by atoms with van der Waals surface area (Å²) in [5.41, 5.74) is 0.827. The molecule has 0 saturated carbocycles. The monoisotopic (exact) mass is 504 g/mol. The summed E-state index contributed by atoms with van der Waals surface area (Å²) in [5.74, 6) is 0.460. The smallest absolute Gasteiger partial charge is 0.410 e. The zero-order valence-corrected chi connectivity index (χ0v) is 20.4. The van der Waals surface area contributed by atoms with Crippen molar-refractivity contribution in [2.45, 2.75) is 26.4 Å². The van der Waals surface area contributed by atoms with Gasteiger partial charge in [0.05, 0.1) is 21.2 Å². The molecular formula is C23H23Cl2FN6O2. The van der Waals surface area contributed by atoms with Gasteiger partial charge in [0.15, 0.2) is 11.6 Å². The van der Waals surface area contributed by atoms with Crippen molar-refractivity contribution in [3.8, 4) is 0 Å². The van der Waals surface area contributed by atoms with Gasteiger partial charge < -0.3 is 19.9 Å². The molecule has 2 aliphatic heterocycles. The van der Waals surface area contributed by atoms with Crippen molar-refractivity contribution < 1.29 is 13.9 Å². The van der Waals surface area contributed by atoms with Gasteiger partial charge in [0.25, 0.3) is 0 Å². The van der Waals surface area contributed by atoms with Crippen LogP contribution in [0, 0.1) is 11.2 Å². The third kappa shape index (κ3) is 4.18. The molecule has 34 heavy (non-hydrogen) atoms. The van der Waals surface area contributed by atoms with Crippen molar-refractivity contribution in [2.24, 2.45) is 5.41 Å². The lowest BCUT2D eigenvalue weighted by Crippen LogP contribution is -2.73. The maximum Gasteiger partial charge on any atom is 0.410 e. The number of benzene rings is 1. The zero-order valence-electron chi connectivity index (χ0n) is 18.9. The van der Waals surface area contributed by atoms with E-state index in [2.05, 4.69) is 20.2 Å². The van der Waals surface area contributed by atoms with Crippen LogP contribution in [0.1, 0.15) is 20.8 Å². The van der Waals surface area contributed by atoms with E-state index < -0.39 is 11.4 Å². The first-order chi connectivity index (χ1) is 16.0. The minimum atomic E-state index is -0.665. The van der Waals surface area contributed by atoms with Gasteiger partial charge in [-0.3, -0.25) is 0 Å². The maximum atomic E-state index is 14.5. The minimum Gasteiger partial charge on any atom is -0.444 e. The number of ether oxygens (including phenoxy) is 1. The Bertz CT molecular complexity index is 1280. The lowest BCUT2D eigenvalue weighted by Gasteiger charge is -2.60. The van der Waals surface area contributed by atoms with Crippen molar-refractivity contribution in [3.05, 3.63) is 46.5 Å². The van der Waals surface area contributed by atoms with Gasteiger partial charge in [-0.2, -0.15) is 0 Å². The molecule has 1 amide bonds. The van der Waals surface area contributed by atoms with Crippen molar-refractivity contribution in [1.29, 1.82) is 0 Å². The van der Waals surface area contributed by atoms with Crippen LogP contribution >= 0.6 is 23.2 Å². The van der Waals surface area contributed by atoms with Crippen LogP contribution in [0.4, 0.5) is 26.5 Å². The third-order valence-electron chi connectivity index (χ3n) is 5.84. The zero-order chi connectivity index (χ0) is 24.3. The number of fused-ring (bicyclic) bond motifs is 1. The van der Waals surface area contributed by atoms with E-state index in [0.29, 0.717) is 29.9 Å². The number of likely N-dealkylation sites (tertiary alicyclic amines) is 1. The topological polar surface area (TPSA) is 83.5 Å². The number of amides is 1. The molecule has 178 valence electrons. The molecule has 3 aromatic rings. The van der Waals surface area contributed by atoms with Crippen LogP contribution in [0.25, 0.3) is 11.0 Å². The molecule has 5 rings (SSSR count). The minimum absolute atomic E-state index is 0.0605. The fourth-order valence-electron chi connectivity index (χ4n) is 4.29. The molecule has 1 N–H and O–H groups in total. The fraction of sp³-hybridized carbons (Fsp3) is 0.391. The second kappa shape index (κ2) is 8.09. The Labute approximate surface area is 206 Å². The number of pyridine rings is 1. The molecule has 0 atom stereocenters. The summed E-state index contributed by atoms with van der Waals surface area (Å²) in [6, 6.07) is 6.76. The number of carbonyl (C=O) groups is 1. The Hall–Kier alpha value is -2.91. The van der Waals surface area contributed by atoms with Crippen LogP contribution in [-0.4, -0.2) is 57.7 Å². The Morgan fingerprint density at radius 1 is 1.12 bits per heavy atom. The molecule has 0 aliphatic carbocycles. The quantitative estimate of drug-likeness (QED) is 0.486. The number of nitrogens with zero attached hydrogens (tertiary/aromatic N) is 5. The van der Waals surface area contributed by atoms with E-state index in [-0.39, 0.29) is 27.2 Å². The van der Waals surface area contributed by atoms with Gasteiger partial charge in [-0.05, 0) is 45.0 Å². The second-order valence-corrected chi connectivity index (χ2v) is 10.6. The molecule has 0 unspecified atom stereocenters. The summed E-state index contributed by atoms with van der Waals surface area (Å²) in [5, 5.41) is 2.92. The lowest BCUT2D eigenvalue weighted by atomic mass is 9.73. The highest BCUT2D eigenvalue weighted by molar-refractivity contribution is 6.42. The van der Waals surface area contributed by atoms with Crippen LogP contribution in [0.3, 0.4) is 0 Å². The standard InChI is InChI=1S/C23H23Cl2FN6O2/c1-22(2,3)34-21(33)32-10-23(11-32)8-31(9-23)16-7-6-15-19(30-16)20(28-12-27-15)29-14-5-4-13(24)17(25)18(14)26/h4-7,12H,8-11H2,1-3H3,(H,27,28,29). The van der Waals surface area contributed by atoms with Crippen LogP contribution in [0.5, 0.6) is 0 Å². The number of nitrogens with one attached hydrogen (secondary N) is 1. The molecule has 8 nitrogen and oxygen atoms in total. The second-order valence-electron chi connectivity index (χ2n) is 9.80. The van der Waals surface area contributed by atoms with Gasteiger partial charge in [-0.1, -0.05) is 23.2 Å². The number of hydrogen-bond acceptors (Lipinski definition) is 7. The van der Waals surface area contributed by atoms with Gasteiger partial charge in [0, 0.05) is 31.6 Å². The van der Waals surface area contributed by atoms with Crippen molar-refractivity contribution in [1.82, 2.24) is 19.9 Å². The Morgan fingerprint density at radius 2 is 1.85 bits per heavy atom. The largest absolute Gasteiger partial charge is 0.444 e. The van der Waals surface area contributed by atoms with Crippen LogP contribution in [0.15, 0.2) is 30.6 Å². The van der Waals surface area contributed by atoms with E-state index in [9.17, 15) is 9.18 Å². The number of hydrogen-bond donors (Lipinski definition) is 1. The van der Waals surface area contributed by atoms with Crippen molar-refractivity contribution >= 4 is 57.7 Å². The van der Waals surface area contributed by atoms with Crippen LogP contribution in [-0.2, 0) is 4.74 Å². The third-order valence-corrected chi connectivity index (χ3v) is 6.62. The van der Waals surface area contributed by atoms with Gasteiger partial charge in [-0.15, -0.1) is 0 Å². The van der Waals surface area contributed by atoms with Crippen LogP contribution < -0.4 is 10.2 Å². The van der Waals surface area contributed by atoms with Crippen molar-refractivity contribution in [3.63, 3.8) is 0 Å². The summed E-state index contributed by atoms with van der Waals surface area (Å²) in [4.78, 5) is 29.4. The molecule has 0 bridgehead atoms. The molecule has 2 fully saturated rings. The van der Waals surface area contributed by atoms with Crippen LogP contribution in [0.2, 0.25) is 10.0 Å². The predicted molar refractivity (Wildman–Crippen MR) is 129 cm³/mol. The molecule has 2 aliphatic rings. The van der Waals surface area contributed by atoms with Gasteiger partial charge in [0.1, 0.15) is 23.3 Å². The molecule has 4 heterocycles. The summed E-state index contributed by atoms with van der Waals surface area (Å²) in [7, 11) is 0. The first kappa shape index (κ1) is 22.9. The molecule has 11 heteroatoms. The summed E-state index contributed by atoms with van der Waals surface area (Å²) < 4.78 is 20.0. The average Bonchev–Trinajstić information content (AvgIpc) is 2.71. The van der Waals surface area contributed by atoms with E-state index in [4.69, 9.17) is 32.9 Å². The van der Waals surface area contributed by atoms with Crippen molar-refractivity contribution in [2.75, 3.05) is 36.4 Å². The Kier molecular flexibility index (Phi) is 5.44. The predicted octanol–water partition coefficient (Wildman–Crippen LogP) is 5.27. The Morgan fingerprint density at radius 3 is 2.56 bits per heavy atom. The van der Waals surface area contributed by atoms with E-state index in [1.807, 2.05) is 32.9 Å². The highest BCUT2D eigenvalue weighted by Crippen LogP contribution is 2.42. The number of anilines is 3. The highest BCUT2D eigenvalue weighted by atomic mass is 35.5. The number of rotatable bonds is 3. The normalized spacial score (nSPS) is 16.9. The number of aromatic nitrogens is 3. The average molecular weight is 505 g/mol. The SMILES string of the molecule is CC(C)(C)OC(=O)N1CC2(C1)CN(c1ccc3ncnc(Nc4ccc(Cl)c(Cl)c4F)c3n1)C2. The number of carbonyl (C=O) groups excluding carboxylic acids is 1. The first-order valence-corrected chi connectivity index (χ1v) is 11.5. The summed E-state index contributed by atoms with van der Waals surface area (Å²) in [6.07, 6.45) is 1.11. The molecule has 0 radical (unpaired) electrons. The van der Waals surface area contributed by atoms with Gasteiger partial charge in [0.2, 0.25) is 0 Å². The number of halogens is 3. The summed E-state index contributed by atoms with van der Waals surface area (Å²) >= 11 is 11.8. The Balaban J connectivity index is 1.30. The van der Waals surface area contributed by atoms with Gasteiger partial charge in [-0.25, -0.2) is 24.1 Å². The molecule has 1 aromatic carbocycles. The van der Waals surface area contributed by atoms with E-state index in [1.165, 1.54) is 18.5 Å². The van der Waals surface area contributed by atoms with Gasteiger partial charge >= 0.3 is 6.09 Å². The maximum absolute atomic E-state index is 14.5. The van der Waals surface area contributed by atoms with E-state index >= 15 is 0 Å². The molecule has 2 saturated heterocycles. The molecule has 1 spiro atoms. The highest BCUT2D eigenvalue weighted by Gasteiger charge is 2.54. The lowest BCUT2D eigenvalue weighted by molar-refractivity contribution is -0.0454. The first-order valence-electron chi connectivity index (χ1n) is 10.8. The summed E-state index contributed by atoms with van der Waals surface area (Å²) in [6.45, 7) is 8.47. The molecule has 2 aromatic heterocycles. The van der Waals surface area contributed by atoms with E-state index in [1.54, 1.807) is 4.90 Å².